The SMILES string of the molecule is CCOc1cc(CC(=N)C(=O)c2ccc(OC)cc2)ccc1S(=O)(=O)Nc1cccc(OC(F)(F)F)c1. The van der Waals surface area contributed by atoms with E-state index in [1.165, 1.54) is 49.6 Å². The number of halogens is 3. The van der Waals surface area contributed by atoms with E-state index in [-0.39, 0.29) is 35.1 Å². The Kier molecular flexibility index (Phi) is 8.43. The van der Waals surface area contributed by atoms with Crippen LogP contribution in [0.4, 0.5) is 18.9 Å². The van der Waals surface area contributed by atoms with Crippen molar-refractivity contribution < 1.29 is 40.6 Å². The van der Waals surface area contributed by atoms with Gasteiger partial charge in [-0.05, 0) is 61.0 Å². The van der Waals surface area contributed by atoms with Gasteiger partial charge in [0.25, 0.3) is 10.0 Å². The zero-order chi connectivity index (χ0) is 27.2. The number of ether oxygens (including phenoxy) is 3. The highest BCUT2D eigenvalue weighted by molar-refractivity contribution is 7.92. The third-order valence-corrected chi connectivity index (χ3v) is 6.35. The number of sulfonamides is 1. The maximum absolute atomic E-state index is 13.0. The fraction of sp³-hybridized carbons (Fsp3) is 0.200. The molecule has 0 fully saturated rings. The fourth-order valence-electron chi connectivity index (χ4n) is 3.32. The Morgan fingerprint density at radius 3 is 2.32 bits per heavy atom. The molecule has 0 aliphatic rings. The molecule has 3 aromatic rings. The van der Waals surface area contributed by atoms with Crippen LogP contribution in [0.25, 0.3) is 0 Å². The highest BCUT2D eigenvalue weighted by Crippen LogP contribution is 2.30. The summed E-state index contributed by atoms with van der Waals surface area (Å²) in [6.07, 6.45) is -5.02. The van der Waals surface area contributed by atoms with Crippen molar-refractivity contribution >= 4 is 27.2 Å². The number of benzene rings is 3. The lowest BCUT2D eigenvalue weighted by Crippen LogP contribution is -2.18. The van der Waals surface area contributed by atoms with Crippen molar-refractivity contribution in [2.45, 2.75) is 24.6 Å². The molecule has 0 aromatic heterocycles. The zero-order valence-electron chi connectivity index (χ0n) is 19.8. The number of rotatable bonds is 11. The van der Waals surface area contributed by atoms with Crippen LogP contribution in [0.3, 0.4) is 0 Å². The third kappa shape index (κ3) is 7.46. The number of methoxy groups -OCH3 is 1. The van der Waals surface area contributed by atoms with Gasteiger partial charge in [0, 0.05) is 18.1 Å². The molecule has 2 N–H and O–H groups in total. The lowest BCUT2D eigenvalue weighted by molar-refractivity contribution is -0.274. The van der Waals surface area contributed by atoms with Crippen molar-refractivity contribution in [2.24, 2.45) is 0 Å². The zero-order valence-corrected chi connectivity index (χ0v) is 20.6. The second-order valence-corrected chi connectivity index (χ2v) is 9.26. The van der Waals surface area contributed by atoms with E-state index >= 15 is 0 Å². The first-order chi connectivity index (χ1) is 17.4. The summed E-state index contributed by atoms with van der Waals surface area (Å²) >= 11 is 0. The molecule has 0 aliphatic heterocycles. The van der Waals surface area contributed by atoms with E-state index in [0.717, 1.165) is 12.1 Å². The molecule has 3 aromatic carbocycles. The molecule has 37 heavy (non-hydrogen) atoms. The number of anilines is 1. The van der Waals surface area contributed by atoms with E-state index < -0.39 is 27.9 Å². The molecule has 12 heteroatoms. The van der Waals surface area contributed by atoms with E-state index in [1.807, 2.05) is 0 Å². The van der Waals surface area contributed by atoms with Crippen LogP contribution in [-0.2, 0) is 16.4 Å². The molecule has 0 amide bonds. The lowest BCUT2D eigenvalue weighted by Gasteiger charge is -2.15. The molecule has 0 unspecified atom stereocenters. The van der Waals surface area contributed by atoms with Gasteiger partial charge < -0.3 is 19.6 Å². The second-order valence-electron chi connectivity index (χ2n) is 7.61. The predicted octanol–water partition coefficient (Wildman–Crippen LogP) is 5.24. The maximum atomic E-state index is 13.0. The maximum Gasteiger partial charge on any atom is 0.573 e. The molecule has 0 saturated carbocycles. The number of alkyl halides is 3. The molecule has 0 atom stereocenters. The highest BCUT2D eigenvalue weighted by atomic mass is 32.2. The minimum Gasteiger partial charge on any atom is -0.497 e. The van der Waals surface area contributed by atoms with Crippen LogP contribution in [0.2, 0.25) is 0 Å². The summed E-state index contributed by atoms with van der Waals surface area (Å²) in [4.78, 5) is 12.3. The number of nitrogens with one attached hydrogen (secondary N) is 2. The van der Waals surface area contributed by atoms with Crippen LogP contribution in [0, 0.1) is 5.41 Å². The monoisotopic (exact) mass is 536 g/mol. The molecule has 0 bridgehead atoms. The van der Waals surface area contributed by atoms with Gasteiger partial charge in [-0.1, -0.05) is 12.1 Å². The van der Waals surface area contributed by atoms with Crippen LogP contribution in [0.1, 0.15) is 22.8 Å². The molecule has 0 radical (unpaired) electrons. The quantitative estimate of drug-likeness (QED) is 0.256. The lowest BCUT2D eigenvalue weighted by atomic mass is 10.0. The van der Waals surface area contributed by atoms with Crippen molar-refractivity contribution in [3.05, 3.63) is 77.9 Å². The molecular weight excluding hydrogens is 513 g/mol. The van der Waals surface area contributed by atoms with Crippen LogP contribution in [0.15, 0.2) is 71.6 Å². The minimum atomic E-state index is -4.93. The normalized spacial score (nSPS) is 11.5. The average Bonchev–Trinajstić information content (AvgIpc) is 2.82. The molecule has 0 aliphatic carbocycles. The van der Waals surface area contributed by atoms with Crippen molar-refractivity contribution in [3.8, 4) is 17.2 Å². The van der Waals surface area contributed by atoms with E-state index in [2.05, 4.69) is 9.46 Å². The summed E-state index contributed by atoms with van der Waals surface area (Å²) in [5, 5.41) is 8.20. The largest absolute Gasteiger partial charge is 0.573 e. The van der Waals surface area contributed by atoms with Crippen molar-refractivity contribution in [1.29, 1.82) is 5.41 Å². The smallest absolute Gasteiger partial charge is 0.497 e. The summed E-state index contributed by atoms with van der Waals surface area (Å²) in [7, 11) is -2.79. The van der Waals surface area contributed by atoms with E-state index in [4.69, 9.17) is 14.9 Å². The topological polar surface area (TPSA) is 115 Å². The van der Waals surface area contributed by atoms with Crippen LogP contribution in [-0.4, -0.2) is 40.0 Å². The average molecular weight is 537 g/mol. The van der Waals surface area contributed by atoms with E-state index in [9.17, 15) is 26.4 Å². The number of Topliss-reactive ketones (excluding diaryl/α,β-unsaturated/α-hetero) is 1. The highest BCUT2D eigenvalue weighted by Gasteiger charge is 2.31. The number of ketones is 1. The molecule has 3 rings (SSSR count). The van der Waals surface area contributed by atoms with Gasteiger partial charge in [-0.3, -0.25) is 9.52 Å². The molecule has 0 spiro atoms. The Hall–Kier alpha value is -4.06. The Balaban J connectivity index is 1.81. The van der Waals surface area contributed by atoms with Gasteiger partial charge in [-0.2, -0.15) is 0 Å². The van der Waals surface area contributed by atoms with Gasteiger partial charge >= 0.3 is 6.36 Å². The van der Waals surface area contributed by atoms with Crippen LogP contribution >= 0.6 is 0 Å². The molecular formula is C25H23F3N2O6S. The molecule has 0 heterocycles. The molecule has 196 valence electrons. The van der Waals surface area contributed by atoms with Gasteiger partial charge in [0.2, 0.25) is 5.78 Å². The molecule has 0 saturated heterocycles. The van der Waals surface area contributed by atoms with Gasteiger partial charge in [-0.25, -0.2) is 8.42 Å². The van der Waals surface area contributed by atoms with Gasteiger partial charge in [-0.15, -0.1) is 13.2 Å². The Bertz CT molecular complexity index is 1390. The Morgan fingerprint density at radius 1 is 1.00 bits per heavy atom. The van der Waals surface area contributed by atoms with E-state index in [0.29, 0.717) is 16.9 Å². The summed E-state index contributed by atoms with van der Waals surface area (Å²) in [6.45, 7) is 1.76. The predicted molar refractivity (Wildman–Crippen MR) is 130 cm³/mol. The number of hydrogen-bond acceptors (Lipinski definition) is 7. The van der Waals surface area contributed by atoms with Gasteiger partial charge in [0.1, 0.15) is 22.1 Å². The van der Waals surface area contributed by atoms with E-state index in [1.54, 1.807) is 19.1 Å². The van der Waals surface area contributed by atoms with Crippen LogP contribution < -0.4 is 18.9 Å². The Morgan fingerprint density at radius 2 is 1.70 bits per heavy atom. The number of carbonyl (C=O) groups excluding carboxylic acids is 1. The molecule has 8 nitrogen and oxygen atoms in total. The fourth-order valence-corrected chi connectivity index (χ4v) is 4.50. The van der Waals surface area contributed by atoms with Crippen LogP contribution in [0.5, 0.6) is 17.2 Å². The van der Waals surface area contributed by atoms with Crippen molar-refractivity contribution in [2.75, 3.05) is 18.4 Å². The summed E-state index contributed by atoms with van der Waals surface area (Å²) in [6, 6.07) is 14.8. The summed E-state index contributed by atoms with van der Waals surface area (Å²) < 4.78 is 80.1. The minimum absolute atomic E-state index is 0.0418. The van der Waals surface area contributed by atoms with Gasteiger partial charge in [0.15, 0.2) is 0 Å². The third-order valence-electron chi connectivity index (χ3n) is 4.92. The second kappa shape index (κ2) is 11.3. The number of hydrogen-bond donors (Lipinski definition) is 2. The number of carbonyl (C=O) groups is 1. The standard InChI is InChI=1S/C25H23F3N2O6S/c1-3-35-22-14-16(13-21(29)24(31)17-8-10-19(34-2)11-9-17)7-12-23(22)37(32,33)30-18-5-4-6-20(15-18)36-25(26,27)28/h4-12,14-15,29-30H,3,13H2,1-2H3. The van der Waals surface area contributed by atoms with Crippen molar-refractivity contribution in [1.82, 2.24) is 0 Å². The Labute approximate surface area is 211 Å². The first-order valence-electron chi connectivity index (χ1n) is 10.8. The van der Waals surface area contributed by atoms with Gasteiger partial charge in [0.05, 0.1) is 25.1 Å². The summed E-state index contributed by atoms with van der Waals surface area (Å²) in [5.74, 6) is -0.567. The summed E-state index contributed by atoms with van der Waals surface area (Å²) in [5.41, 5.74) is 0.383. The first-order valence-corrected chi connectivity index (χ1v) is 12.3. The first kappa shape index (κ1) is 27.5. The van der Waals surface area contributed by atoms with Crippen molar-refractivity contribution in [3.63, 3.8) is 0 Å².